The van der Waals surface area contributed by atoms with Crippen molar-refractivity contribution in [3.63, 3.8) is 0 Å². The third kappa shape index (κ3) is 3.68. The van der Waals surface area contributed by atoms with Gasteiger partial charge >= 0.3 is 17.7 Å². The minimum Gasteiger partial charge on any atom is -0.500 e. The van der Waals surface area contributed by atoms with E-state index in [9.17, 15) is 24.8 Å². The van der Waals surface area contributed by atoms with Crippen LogP contribution in [0.1, 0.15) is 31.9 Å². The highest BCUT2D eigenvalue weighted by atomic mass is 16.6. The third-order valence-corrected chi connectivity index (χ3v) is 3.75. The van der Waals surface area contributed by atoms with E-state index < -0.39 is 34.4 Å². The molecule has 1 aliphatic rings. The zero-order valence-electron chi connectivity index (χ0n) is 14.5. The SMILES string of the molecule is CCCOC(=O)C1=C(C)NC(=O)N[C@H]1c1cc(OC)c(O)c([N+](=O)[O-])c1. The van der Waals surface area contributed by atoms with Gasteiger partial charge in [-0.3, -0.25) is 10.1 Å². The summed E-state index contributed by atoms with van der Waals surface area (Å²) in [5.41, 5.74) is -0.0234. The van der Waals surface area contributed by atoms with Crippen molar-refractivity contribution in [2.75, 3.05) is 13.7 Å². The number of aromatic hydroxyl groups is 1. The minimum atomic E-state index is -0.999. The normalized spacial score (nSPS) is 16.6. The van der Waals surface area contributed by atoms with Gasteiger partial charge in [0.2, 0.25) is 5.75 Å². The van der Waals surface area contributed by atoms with Crippen molar-refractivity contribution in [2.45, 2.75) is 26.3 Å². The molecule has 10 nitrogen and oxygen atoms in total. The van der Waals surface area contributed by atoms with E-state index in [0.29, 0.717) is 6.42 Å². The number of allylic oxidation sites excluding steroid dienone is 1. The molecule has 1 aliphatic heterocycles. The van der Waals surface area contributed by atoms with Crippen LogP contribution in [0.4, 0.5) is 10.5 Å². The van der Waals surface area contributed by atoms with E-state index in [4.69, 9.17) is 9.47 Å². The molecule has 0 saturated heterocycles. The zero-order chi connectivity index (χ0) is 19.4. The monoisotopic (exact) mass is 365 g/mol. The van der Waals surface area contributed by atoms with Crippen LogP contribution in [0.5, 0.6) is 11.5 Å². The Morgan fingerprint density at radius 1 is 1.42 bits per heavy atom. The lowest BCUT2D eigenvalue weighted by atomic mass is 9.94. The van der Waals surface area contributed by atoms with Crippen LogP contribution in [0.2, 0.25) is 0 Å². The minimum absolute atomic E-state index is 0.111. The number of nitrogens with one attached hydrogen (secondary N) is 2. The summed E-state index contributed by atoms with van der Waals surface area (Å²) < 4.78 is 10.1. The second-order valence-corrected chi connectivity index (χ2v) is 5.55. The molecule has 0 unspecified atom stereocenters. The summed E-state index contributed by atoms with van der Waals surface area (Å²) in [6, 6.07) is 0.823. The highest BCUT2D eigenvalue weighted by Gasteiger charge is 2.34. The van der Waals surface area contributed by atoms with Gasteiger partial charge in [0.05, 0.1) is 30.3 Å². The van der Waals surface area contributed by atoms with E-state index in [1.807, 2.05) is 6.92 Å². The topological polar surface area (TPSA) is 140 Å². The van der Waals surface area contributed by atoms with E-state index in [2.05, 4.69) is 10.6 Å². The van der Waals surface area contributed by atoms with Gasteiger partial charge in [-0.05, 0) is 25.0 Å². The van der Waals surface area contributed by atoms with Crippen molar-refractivity contribution >= 4 is 17.7 Å². The summed E-state index contributed by atoms with van der Waals surface area (Å²) in [5.74, 6) is -1.45. The molecule has 0 bridgehead atoms. The number of carbonyl (C=O) groups is 2. The maximum Gasteiger partial charge on any atom is 0.338 e. The van der Waals surface area contributed by atoms with Crippen LogP contribution in [-0.2, 0) is 9.53 Å². The second-order valence-electron chi connectivity index (χ2n) is 5.55. The fourth-order valence-electron chi connectivity index (χ4n) is 2.56. The number of carbonyl (C=O) groups excluding carboxylic acids is 2. The number of benzene rings is 1. The van der Waals surface area contributed by atoms with Crippen molar-refractivity contribution < 1.29 is 29.1 Å². The van der Waals surface area contributed by atoms with Crippen LogP contribution in [0.3, 0.4) is 0 Å². The van der Waals surface area contributed by atoms with E-state index in [-0.39, 0.29) is 29.2 Å². The second kappa shape index (κ2) is 7.72. The average Bonchev–Trinajstić information content (AvgIpc) is 2.58. The first-order valence-electron chi connectivity index (χ1n) is 7.80. The molecule has 10 heteroatoms. The number of amides is 2. The molecular weight excluding hydrogens is 346 g/mol. The van der Waals surface area contributed by atoms with Gasteiger partial charge < -0.3 is 25.2 Å². The van der Waals surface area contributed by atoms with Gasteiger partial charge in [0.25, 0.3) is 0 Å². The number of hydrogen-bond acceptors (Lipinski definition) is 7. The standard InChI is InChI=1S/C16H19N3O7/c1-4-5-26-15(21)12-8(2)17-16(22)18-13(12)9-6-10(19(23)24)14(20)11(7-9)25-3/h6-7,13,20H,4-5H2,1-3H3,(H2,17,18,22)/t13-/m0/s1. The smallest absolute Gasteiger partial charge is 0.338 e. The molecule has 0 aromatic heterocycles. The molecule has 140 valence electrons. The first-order chi connectivity index (χ1) is 12.3. The number of rotatable bonds is 6. The lowest BCUT2D eigenvalue weighted by Crippen LogP contribution is -2.45. The predicted molar refractivity (Wildman–Crippen MR) is 89.7 cm³/mol. The summed E-state index contributed by atoms with van der Waals surface area (Å²) in [6.07, 6.45) is 0.612. The van der Waals surface area contributed by atoms with Gasteiger partial charge in [-0.25, -0.2) is 9.59 Å². The fourth-order valence-corrected chi connectivity index (χ4v) is 2.56. The Balaban J connectivity index is 2.57. The van der Waals surface area contributed by atoms with Gasteiger partial charge in [-0.15, -0.1) is 0 Å². The predicted octanol–water partition coefficient (Wildman–Crippen LogP) is 1.89. The summed E-state index contributed by atoms with van der Waals surface area (Å²) in [7, 11) is 1.24. The molecule has 0 spiro atoms. The highest BCUT2D eigenvalue weighted by Crippen LogP contribution is 2.40. The molecule has 1 aromatic carbocycles. The fraction of sp³-hybridized carbons (Fsp3) is 0.375. The number of esters is 1. The van der Waals surface area contributed by atoms with Crippen LogP contribution < -0.4 is 15.4 Å². The van der Waals surface area contributed by atoms with Gasteiger partial charge in [-0.1, -0.05) is 6.92 Å². The third-order valence-electron chi connectivity index (χ3n) is 3.75. The number of nitro benzene ring substituents is 1. The van der Waals surface area contributed by atoms with Crippen molar-refractivity contribution in [3.05, 3.63) is 39.1 Å². The molecule has 3 N–H and O–H groups in total. The summed E-state index contributed by atoms with van der Waals surface area (Å²) in [5, 5.41) is 26.1. The first-order valence-corrected chi connectivity index (χ1v) is 7.80. The van der Waals surface area contributed by atoms with E-state index in [1.165, 1.54) is 20.1 Å². The van der Waals surface area contributed by atoms with E-state index in [0.717, 1.165) is 6.07 Å². The van der Waals surface area contributed by atoms with E-state index >= 15 is 0 Å². The van der Waals surface area contributed by atoms with Gasteiger partial charge in [0.1, 0.15) is 0 Å². The molecule has 1 aromatic rings. The van der Waals surface area contributed by atoms with Crippen molar-refractivity contribution in [1.29, 1.82) is 0 Å². The maximum atomic E-state index is 12.4. The maximum absolute atomic E-state index is 12.4. The number of methoxy groups -OCH3 is 1. The number of nitro groups is 1. The van der Waals surface area contributed by atoms with Crippen LogP contribution in [0, 0.1) is 10.1 Å². The van der Waals surface area contributed by atoms with Crippen molar-refractivity contribution in [1.82, 2.24) is 10.6 Å². The Hall–Kier alpha value is -3.30. The van der Waals surface area contributed by atoms with Crippen LogP contribution in [0.15, 0.2) is 23.4 Å². The number of hydrogen-bond donors (Lipinski definition) is 3. The Kier molecular flexibility index (Phi) is 5.65. The molecule has 1 atom stereocenters. The Morgan fingerprint density at radius 3 is 2.69 bits per heavy atom. The lowest BCUT2D eigenvalue weighted by molar-refractivity contribution is -0.386. The molecule has 26 heavy (non-hydrogen) atoms. The molecule has 2 rings (SSSR count). The van der Waals surface area contributed by atoms with Crippen molar-refractivity contribution in [3.8, 4) is 11.5 Å². The molecule has 0 fully saturated rings. The van der Waals surface area contributed by atoms with Crippen LogP contribution >= 0.6 is 0 Å². The van der Waals surface area contributed by atoms with Crippen LogP contribution in [-0.4, -0.2) is 35.7 Å². The lowest BCUT2D eigenvalue weighted by Gasteiger charge is -2.28. The summed E-state index contributed by atoms with van der Waals surface area (Å²) in [4.78, 5) is 34.7. The number of phenolic OH excluding ortho intramolecular Hbond substituents is 1. The number of nitrogens with zero attached hydrogens (tertiary/aromatic N) is 1. The zero-order valence-corrected chi connectivity index (χ0v) is 14.5. The number of phenols is 1. The average molecular weight is 365 g/mol. The molecular formula is C16H19N3O7. The summed E-state index contributed by atoms with van der Waals surface area (Å²) in [6.45, 7) is 3.55. The van der Waals surface area contributed by atoms with Gasteiger partial charge in [0, 0.05) is 11.8 Å². The molecule has 0 aliphatic carbocycles. The Labute approximate surface area is 148 Å². The largest absolute Gasteiger partial charge is 0.500 e. The van der Waals surface area contributed by atoms with Gasteiger partial charge in [0.15, 0.2) is 5.75 Å². The van der Waals surface area contributed by atoms with Crippen LogP contribution in [0.25, 0.3) is 0 Å². The Morgan fingerprint density at radius 2 is 2.12 bits per heavy atom. The Bertz CT molecular complexity index is 788. The first kappa shape index (κ1) is 19.0. The number of urea groups is 1. The molecule has 2 amide bonds. The van der Waals surface area contributed by atoms with Gasteiger partial charge in [-0.2, -0.15) is 0 Å². The quantitative estimate of drug-likeness (QED) is 0.397. The molecule has 0 saturated carbocycles. The molecule has 0 radical (unpaired) electrons. The summed E-state index contributed by atoms with van der Waals surface area (Å²) >= 11 is 0. The van der Waals surface area contributed by atoms with Crippen molar-refractivity contribution in [2.24, 2.45) is 0 Å². The van der Waals surface area contributed by atoms with E-state index in [1.54, 1.807) is 0 Å². The number of ether oxygens (including phenoxy) is 2. The highest BCUT2D eigenvalue weighted by molar-refractivity contribution is 5.95. The molecule has 1 heterocycles.